The summed E-state index contributed by atoms with van der Waals surface area (Å²) in [6.07, 6.45) is 2.82. The van der Waals surface area contributed by atoms with Crippen molar-refractivity contribution in [2.45, 2.75) is 18.7 Å². The molecule has 0 aromatic heterocycles. The predicted octanol–water partition coefficient (Wildman–Crippen LogP) is 5.47. The molecule has 0 saturated heterocycles. The smallest absolute Gasteiger partial charge is 0.416 e. The summed E-state index contributed by atoms with van der Waals surface area (Å²) >= 11 is 0. The van der Waals surface area contributed by atoms with E-state index in [0.29, 0.717) is 25.4 Å². The number of benzene rings is 2. The molecule has 0 saturated carbocycles. The second-order valence-corrected chi connectivity index (χ2v) is 12.3. The van der Waals surface area contributed by atoms with Gasteiger partial charge in [0, 0.05) is 18.7 Å². The van der Waals surface area contributed by atoms with Crippen molar-refractivity contribution < 1.29 is 22.6 Å². The molecule has 0 fully saturated rings. The van der Waals surface area contributed by atoms with Gasteiger partial charge in [-0.15, -0.1) is 0 Å². The molecule has 0 aliphatic rings. The van der Waals surface area contributed by atoms with Gasteiger partial charge in [0.2, 0.25) is 0 Å². The molecule has 0 bridgehead atoms. The SMILES string of the molecule is CS(C)(C)CCOCNCCC(Oc1ccc(C(F)(F)F)cc1)c1ccccc1. The Balaban J connectivity index is 1.88. The first kappa shape index (κ1) is 23.6. The Labute approximate surface area is 172 Å². The predicted molar refractivity (Wildman–Crippen MR) is 115 cm³/mol. The van der Waals surface area contributed by atoms with Crippen molar-refractivity contribution >= 4 is 10.0 Å². The van der Waals surface area contributed by atoms with Crippen molar-refractivity contribution in [2.24, 2.45) is 0 Å². The Morgan fingerprint density at radius 1 is 0.966 bits per heavy atom. The molecule has 7 heteroatoms. The van der Waals surface area contributed by atoms with Crippen LogP contribution in [-0.4, -0.2) is 44.4 Å². The van der Waals surface area contributed by atoms with Crippen LogP contribution >= 0.6 is 10.0 Å². The lowest BCUT2D eigenvalue weighted by atomic mass is 10.1. The van der Waals surface area contributed by atoms with Crippen molar-refractivity contribution in [2.75, 3.05) is 44.4 Å². The van der Waals surface area contributed by atoms with Crippen LogP contribution in [0.4, 0.5) is 13.2 Å². The van der Waals surface area contributed by atoms with E-state index in [-0.39, 0.29) is 6.10 Å². The minimum atomic E-state index is -4.35. The average Bonchev–Trinajstić information content (AvgIpc) is 2.66. The Hall–Kier alpha value is -1.70. The van der Waals surface area contributed by atoms with E-state index >= 15 is 0 Å². The first-order valence-electron chi connectivity index (χ1n) is 9.48. The van der Waals surface area contributed by atoms with Crippen LogP contribution in [-0.2, 0) is 10.9 Å². The first-order valence-corrected chi connectivity index (χ1v) is 12.5. The third-order valence-electron chi connectivity index (χ3n) is 4.26. The largest absolute Gasteiger partial charge is 0.486 e. The molecule has 0 amide bonds. The topological polar surface area (TPSA) is 30.5 Å². The third-order valence-corrected chi connectivity index (χ3v) is 5.65. The minimum Gasteiger partial charge on any atom is -0.486 e. The van der Waals surface area contributed by atoms with Crippen LogP contribution in [0.2, 0.25) is 0 Å². The quantitative estimate of drug-likeness (QED) is 0.379. The van der Waals surface area contributed by atoms with Gasteiger partial charge in [0.05, 0.1) is 18.9 Å². The maximum Gasteiger partial charge on any atom is 0.416 e. The molecule has 29 heavy (non-hydrogen) atoms. The fraction of sp³-hybridized carbons (Fsp3) is 0.455. The average molecular weight is 430 g/mol. The van der Waals surface area contributed by atoms with Crippen LogP contribution in [0.3, 0.4) is 0 Å². The molecule has 1 unspecified atom stereocenters. The Kier molecular flexibility index (Phi) is 8.86. The maximum absolute atomic E-state index is 12.7. The zero-order valence-electron chi connectivity index (χ0n) is 17.2. The lowest BCUT2D eigenvalue weighted by molar-refractivity contribution is -0.137. The summed E-state index contributed by atoms with van der Waals surface area (Å²) in [5.74, 6) is 1.48. The summed E-state index contributed by atoms with van der Waals surface area (Å²) < 4.78 is 49.9. The molecule has 3 nitrogen and oxygen atoms in total. The Morgan fingerprint density at radius 2 is 1.62 bits per heavy atom. The van der Waals surface area contributed by atoms with E-state index in [1.165, 1.54) is 12.1 Å². The highest BCUT2D eigenvalue weighted by atomic mass is 32.3. The first-order chi connectivity index (χ1) is 13.6. The zero-order valence-corrected chi connectivity index (χ0v) is 18.0. The normalized spacial score (nSPS) is 13.9. The molecule has 2 aromatic rings. The number of hydrogen-bond acceptors (Lipinski definition) is 3. The highest BCUT2D eigenvalue weighted by Gasteiger charge is 2.30. The summed E-state index contributed by atoms with van der Waals surface area (Å²) in [5, 5.41) is 3.24. The van der Waals surface area contributed by atoms with Crippen molar-refractivity contribution in [3.63, 3.8) is 0 Å². The summed E-state index contributed by atoms with van der Waals surface area (Å²) in [6.45, 7) is 1.87. The Morgan fingerprint density at radius 3 is 2.21 bits per heavy atom. The lowest BCUT2D eigenvalue weighted by Crippen LogP contribution is -2.23. The molecule has 162 valence electrons. The monoisotopic (exact) mass is 429 g/mol. The molecule has 1 atom stereocenters. The molecule has 0 spiro atoms. The summed E-state index contributed by atoms with van der Waals surface area (Å²) in [4.78, 5) is 0. The highest BCUT2D eigenvalue weighted by molar-refractivity contribution is 8.32. The van der Waals surface area contributed by atoms with Crippen LogP contribution in [0, 0.1) is 0 Å². The molecule has 1 N–H and O–H groups in total. The van der Waals surface area contributed by atoms with E-state index in [4.69, 9.17) is 9.47 Å². The van der Waals surface area contributed by atoms with E-state index in [9.17, 15) is 13.2 Å². The number of rotatable bonds is 11. The van der Waals surface area contributed by atoms with Gasteiger partial charge < -0.3 is 9.47 Å². The van der Waals surface area contributed by atoms with E-state index in [1.54, 1.807) is 0 Å². The number of alkyl halides is 3. The molecular formula is C22H30F3NO2S. The van der Waals surface area contributed by atoms with E-state index < -0.39 is 21.8 Å². The van der Waals surface area contributed by atoms with Gasteiger partial charge in [-0.3, -0.25) is 5.32 Å². The van der Waals surface area contributed by atoms with Crippen LogP contribution in [0.15, 0.2) is 54.6 Å². The minimum absolute atomic E-state index is 0.264. The van der Waals surface area contributed by atoms with Gasteiger partial charge in [0.25, 0.3) is 0 Å². The second-order valence-electron chi connectivity index (χ2n) is 7.68. The Bertz CT molecular complexity index is 716. The van der Waals surface area contributed by atoms with Gasteiger partial charge in [-0.1, -0.05) is 30.3 Å². The number of halogens is 3. The van der Waals surface area contributed by atoms with Crippen molar-refractivity contribution in [3.05, 3.63) is 65.7 Å². The van der Waals surface area contributed by atoms with Gasteiger partial charge in [-0.05, 0) is 48.6 Å². The molecule has 0 heterocycles. The zero-order chi connectivity index (χ0) is 21.3. The number of ether oxygens (including phenoxy) is 2. The third kappa shape index (κ3) is 9.10. The van der Waals surface area contributed by atoms with Crippen molar-refractivity contribution in [1.82, 2.24) is 5.32 Å². The van der Waals surface area contributed by atoms with Gasteiger partial charge in [-0.25, -0.2) is 10.0 Å². The maximum atomic E-state index is 12.7. The molecular weight excluding hydrogens is 399 g/mol. The summed E-state index contributed by atoms with van der Waals surface area (Å²) in [7, 11) is -0.556. The standard InChI is InChI=1S/C22H30F3NO2S/c1-29(2,3)16-15-27-17-26-14-13-21(18-7-5-4-6-8-18)28-20-11-9-19(10-12-20)22(23,24)25/h4-12,21,26H,13-17H2,1-3H3. The van der Waals surface area contributed by atoms with Crippen LogP contribution in [0.25, 0.3) is 0 Å². The lowest BCUT2D eigenvalue weighted by Gasteiger charge is -2.24. The van der Waals surface area contributed by atoms with Crippen LogP contribution < -0.4 is 10.1 Å². The molecule has 0 aliphatic heterocycles. The van der Waals surface area contributed by atoms with Crippen molar-refractivity contribution in [3.8, 4) is 5.75 Å². The second kappa shape index (κ2) is 10.9. The van der Waals surface area contributed by atoms with Crippen molar-refractivity contribution in [1.29, 1.82) is 0 Å². The number of nitrogens with one attached hydrogen (secondary N) is 1. The molecule has 0 radical (unpaired) electrons. The summed E-state index contributed by atoms with van der Waals surface area (Å²) in [5.41, 5.74) is 0.295. The van der Waals surface area contributed by atoms with Gasteiger partial charge >= 0.3 is 6.18 Å². The molecule has 2 aromatic carbocycles. The molecule has 0 aliphatic carbocycles. The highest BCUT2D eigenvalue weighted by Crippen LogP contribution is 2.33. The van der Waals surface area contributed by atoms with E-state index in [0.717, 1.165) is 30.1 Å². The fourth-order valence-electron chi connectivity index (χ4n) is 2.61. The fourth-order valence-corrected chi connectivity index (χ4v) is 3.22. The van der Waals surface area contributed by atoms with Crippen LogP contribution in [0.5, 0.6) is 5.75 Å². The number of hydrogen-bond donors (Lipinski definition) is 1. The molecule has 2 rings (SSSR count). The summed E-state index contributed by atoms with van der Waals surface area (Å²) in [6, 6.07) is 14.5. The van der Waals surface area contributed by atoms with E-state index in [2.05, 4.69) is 24.1 Å². The van der Waals surface area contributed by atoms with E-state index in [1.807, 2.05) is 30.3 Å². The van der Waals surface area contributed by atoms with Gasteiger partial charge in [-0.2, -0.15) is 13.2 Å². The van der Waals surface area contributed by atoms with Gasteiger partial charge in [0.1, 0.15) is 11.9 Å². The van der Waals surface area contributed by atoms with Gasteiger partial charge in [0.15, 0.2) is 0 Å². The van der Waals surface area contributed by atoms with Crippen LogP contribution in [0.1, 0.15) is 23.7 Å².